The lowest BCUT2D eigenvalue weighted by molar-refractivity contribution is -0.655. The molecule has 0 bridgehead atoms. The molecule has 1 nitrogen and oxygen atoms in total. The van der Waals surface area contributed by atoms with Crippen LogP contribution in [0.4, 0.5) is 26.3 Å². The van der Waals surface area contributed by atoms with E-state index in [0.717, 1.165) is 18.1 Å². The second kappa shape index (κ2) is 42.8. The highest BCUT2D eigenvalue weighted by Crippen LogP contribution is 2.36. The van der Waals surface area contributed by atoms with Crippen LogP contribution in [-0.2, 0) is 0 Å². The Morgan fingerprint density at radius 1 is 0.391 bits per heavy atom. The van der Waals surface area contributed by atoms with Crippen molar-refractivity contribution >= 4 is 13.1 Å². The minimum absolute atomic E-state index is 0.690. The second-order valence-electron chi connectivity index (χ2n) is 19.5. The Hall–Kier alpha value is -1.49. The summed E-state index contributed by atoms with van der Waals surface area (Å²) in [4.78, 5) is 0. The Morgan fingerprint density at radius 3 is 1.11 bits per heavy atom. The maximum Gasteiger partial charge on any atom is 0.200 e. The Balaban J connectivity index is 0.00000106. The van der Waals surface area contributed by atoms with Crippen LogP contribution in [0.25, 0.3) is 11.1 Å². The van der Waals surface area contributed by atoms with Gasteiger partial charge >= 0.3 is 0 Å². The predicted molar refractivity (Wildman–Crippen MR) is 270 cm³/mol. The molecule has 1 atom stereocenters. The zero-order valence-corrected chi connectivity index (χ0v) is 43.9. The minimum Gasteiger partial charge on any atom is -0.346 e. The summed E-state index contributed by atoms with van der Waals surface area (Å²) in [6, 6.07) is 4.22. The number of hydrogen-bond acceptors (Lipinski definition) is 0. The highest BCUT2D eigenvalue weighted by atomic mass is 27.2. The molecule has 8 heteroatoms. The first-order valence-corrected chi connectivity index (χ1v) is 30.6. The molecular formula is C56H100AlF6N. The van der Waals surface area contributed by atoms with E-state index >= 15 is 0 Å². The summed E-state index contributed by atoms with van der Waals surface area (Å²) in [5.74, 6) is -10.7. The summed E-state index contributed by atoms with van der Waals surface area (Å²) >= 11 is -1.42. The van der Waals surface area contributed by atoms with Gasteiger partial charge in [-0.05, 0) is 24.8 Å². The fraction of sp³-hybridized carbons (Fsp3) is 0.786. The molecule has 64 heavy (non-hydrogen) atoms. The summed E-state index contributed by atoms with van der Waals surface area (Å²) in [7, 11) is 0. The number of unbranched alkanes of at least 4 members (excludes halogenated alkanes) is 21. The molecule has 0 saturated heterocycles. The third-order valence-corrected chi connectivity index (χ3v) is 20.4. The summed E-state index contributed by atoms with van der Waals surface area (Å²) in [5, 5.41) is 9.29. The third-order valence-electron chi connectivity index (χ3n) is 13.8. The van der Waals surface area contributed by atoms with Gasteiger partial charge in [0.1, 0.15) is 18.9 Å². The van der Waals surface area contributed by atoms with Crippen LogP contribution in [0.3, 0.4) is 0 Å². The first kappa shape index (κ1) is 62.5. The van der Waals surface area contributed by atoms with Gasteiger partial charge in [0, 0.05) is 5.56 Å². The lowest BCUT2D eigenvalue weighted by Crippen LogP contribution is -2.84. The molecule has 2 rings (SSSR count). The Kier molecular flexibility index (Phi) is 41.8. The van der Waals surface area contributed by atoms with Crippen LogP contribution in [0, 0.1) is 40.8 Å². The standard InChI is InChI=1S/C12H4F6.C12H27N.4C8H17.Al/c13-6-4-2-1-3-5(6)7-8(14)10(16)12(18)11(17)9(7)15;1-4-7-8-12(6-3)9-11-13-10-5-2;4*1-3-5-7-8-6-4-2;/h1-4H;12-13H,4-11H2,1-3H3;4*1,3-8H2,2H3;/q;;;;;;-1/p+1. The zero-order valence-electron chi connectivity index (χ0n) is 42.8. The lowest BCUT2D eigenvalue weighted by atomic mass is 9.96. The van der Waals surface area contributed by atoms with Gasteiger partial charge in [-0.25, -0.2) is 26.3 Å². The van der Waals surface area contributed by atoms with Gasteiger partial charge in [-0.2, -0.15) is 21.1 Å². The molecule has 0 fully saturated rings. The SMILES string of the molecule is CCCCC(CC)CC[NH2+]CCC.CCCCCCC[CH2][Al-]([CH2]CCCCCCC)([CH2]CCCCCCC)[CH2]CCCCCCC.Fc1ccccc1-c1c(F)c(F)c(F)c(F)c1F. The number of benzene rings is 2. The Morgan fingerprint density at radius 2 is 0.750 bits per heavy atom. The fourth-order valence-electron chi connectivity index (χ4n) is 9.55. The molecule has 0 spiro atoms. The first-order valence-electron chi connectivity index (χ1n) is 27.3. The quantitative estimate of drug-likeness (QED) is 0.0227. The first-order chi connectivity index (χ1) is 31.0. The van der Waals surface area contributed by atoms with Gasteiger partial charge in [-0.1, -0.05) is 246 Å². The van der Waals surface area contributed by atoms with Crippen LogP contribution in [0.1, 0.15) is 241 Å². The smallest absolute Gasteiger partial charge is 0.200 e. The van der Waals surface area contributed by atoms with E-state index in [-0.39, 0.29) is 0 Å². The normalized spacial score (nSPS) is 11.9. The van der Waals surface area contributed by atoms with Crippen molar-refractivity contribution in [1.29, 1.82) is 0 Å². The molecule has 0 saturated carbocycles. The average molecular weight is 928 g/mol. The number of halogens is 6. The van der Waals surface area contributed by atoms with Crippen LogP contribution < -0.4 is 5.32 Å². The van der Waals surface area contributed by atoms with Crippen LogP contribution in [0.15, 0.2) is 24.3 Å². The molecule has 2 aromatic rings. The van der Waals surface area contributed by atoms with Gasteiger partial charge in [0.05, 0.1) is 18.7 Å². The van der Waals surface area contributed by atoms with Gasteiger partial charge in [0.25, 0.3) is 0 Å². The van der Waals surface area contributed by atoms with Crippen LogP contribution in [0.5, 0.6) is 0 Å². The number of nitrogens with two attached hydrogens (primary N) is 1. The van der Waals surface area contributed by atoms with Crippen LogP contribution >= 0.6 is 0 Å². The van der Waals surface area contributed by atoms with Crippen molar-refractivity contribution in [2.24, 2.45) is 5.92 Å². The largest absolute Gasteiger partial charge is 0.346 e. The van der Waals surface area contributed by atoms with Gasteiger partial charge in [-0.15, -0.1) is 0 Å². The molecular weight excluding hydrogens is 828 g/mol. The summed E-state index contributed by atoms with van der Waals surface area (Å²) in [6.45, 7) is 18.9. The minimum atomic E-state index is -2.27. The average Bonchev–Trinajstić information content (AvgIpc) is 3.30. The zero-order chi connectivity index (χ0) is 47.7. The summed E-state index contributed by atoms with van der Waals surface area (Å²) in [5.41, 5.74) is -1.96. The monoisotopic (exact) mass is 928 g/mol. The second-order valence-corrected chi connectivity index (χ2v) is 25.2. The van der Waals surface area contributed by atoms with Crippen molar-refractivity contribution in [3.8, 4) is 11.1 Å². The van der Waals surface area contributed by atoms with Gasteiger partial charge in [0.15, 0.2) is 23.3 Å². The molecule has 0 amide bonds. The van der Waals surface area contributed by atoms with Gasteiger partial charge < -0.3 is 5.32 Å². The van der Waals surface area contributed by atoms with E-state index < -0.39 is 59.1 Å². The maximum absolute atomic E-state index is 13.4. The Bertz CT molecular complexity index is 1260. The molecule has 2 aromatic carbocycles. The van der Waals surface area contributed by atoms with Crippen molar-refractivity contribution in [3.63, 3.8) is 0 Å². The fourth-order valence-corrected chi connectivity index (χ4v) is 15.9. The molecule has 1 unspecified atom stereocenters. The van der Waals surface area contributed by atoms with E-state index in [0.29, 0.717) is 0 Å². The number of rotatable bonds is 38. The van der Waals surface area contributed by atoms with Crippen molar-refractivity contribution in [2.45, 2.75) is 262 Å². The van der Waals surface area contributed by atoms with E-state index in [4.69, 9.17) is 0 Å². The molecule has 0 aliphatic rings. The topological polar surface area (TPSA) is 16.6 Å². The lowest BCUT2D eigenvalue weighted by Gasteiger charge is -2.37. The van der Waals surface area contributed by atoms with E-state index in [1.54, 1.807) is 46.8 Å². The van der Waals surface area contributed by atoms with E-state index in [9.17, 15) is 26.3 Å². The van der Waals surface area contributed by atoms with Gasteiger partial charge in [0.2, 0.25) is 5.82 Å². The maximum atomic E-state index is 13.4. The number of quaternary nitrogens is 1. The van der Waals surface area contributed by atoms with Crippen molar-refractivity contribution in [2.75, 3.05) is 13.1 Å². The molecule has 0 heterocycles. The number of hydrogen-bond donors (Lipinski definition) is 1. The van der Waals surface area contributed by atoms with Crippen molar-refractivity contribution < 1.29 is 31.7 Å². The molecule has 374 valence electrons. The van der Waals surface area contributed by atoms with E-state index in [1.165, 1.54) is 192 Å². The van der Waals surface area contributed by atoms with Crippen molar-refractivity contribution in [1.82, 2.24) is 0 Å². The summed E-state index contributed by atoms with van der Waals surface area (Å²) in [6.07, 6.45) is 44.1. The molecule has 0 aliphatic heterocycles. The van der Waals surface area contributed by atoms with Gasteiger partial charge in [-0.3, -0.25) is 0 Å². The van der Waals surface area contributed by atoms with Crippen LogP contribution in [0.2, 0.25) is 21.1 Å². The molecule has 2 N–H and O–H groups in total. The van der Waals surface area contributed by atoms with E-state index in [1.807, 2.05) is 0 Å². The summed E-state index contributed by atoms with van der Waals surface area (Å²) < 4.78 is 78.8. The molecule has 0 aliphatic carbocycles. The molecule has 0 radical (unpaired) electrons. The highest BCUT2D eigenvalue weighted by Gasteiger charge is 2.28. The highest BCUT2D eigenvalue weighted by molar-refractivity contribution is 6.79. The Labute approximate surface area is 394 Å². The van der Waals surface area contributed by atoms with E-state index in [2.05, 4.69) is 53.8 Å². The van der Waals surface area contributed by atoms with Crippen molar-refractivity contribution in [3.05, 3.63) is 59.2 Å². The van der Waals surface area contributed by atoms with Crippen LogP contribution in [-0.4, -0.2) is 26.2 Å². The molecule has 0 aromatic heterocycles. The third kappa shape index (κ3) is 29.3. The predicted octanol–water partition coefficient (Wildman–Crippen LogP) is 19.6.